The zero-order valence-corrected chi connectivity index (χ0v) is 8.37. The number of aliphatic hydroxyl groups excluding tert-OH is 1. The molecule has 0 spiro atoms. The maximum Gasteiger partial charge on any atom is 0.0719 e. The van der Waals surface area contributed by atoms with Crippen LogP contribution < -0.4 is 5.73 Å². The van der Waals surface area contributed by atoms with Gasteiger partial charge in [0.1, 0.15) is 0 Å². The summed E-state index contributed by atoms with van der Waals surface area (Å²) in [6.45, 7) is 1.68. The molecule has 3 nitrogen and oxygen atoms in total. The molecule has 0 aliphatic carbocycles. The lowest BCUT2D eigenvalue weighted by Gasteiger charge is -2.11. The summed E-state index contributed by atoms with van der Waals surface area (Å²) in [4.78, 5) is 2.99. The highest BCUT2D eigenvalue weighted by Gasteiger charge is 2.12. The summed E-state index contributed by atoms with van der Waals surface area (Å²) in [6.07, 6.45) is 1.35. The van der Waals surface area contributed by atoms with Crippen molar-refractivity contribution >= 4 is 22.6 Å². The molecule has 4 N–H and O–H groups in total. The van der Waals surface area contributed by atoms with Crippen LogP contribution in [-0.2, 0) is 0 Å². The minimum absolute atomic E-state index is 0.307. The van der Waals surface area contributed by atoms with Crippen LogP contribution in [0.4, 0.5) is 0 Å². The van der Waals surface area contributed by atoms with E-state index in [-0.39, 0.29) is 6.04 Å². The van der Waals surface area contributed by atoms with Crippen LogP contribution in [0.2, 0.25) is 0 Å². The summed E-state index contributed by atoms with van der Waals surface area (Å²) < 4.78 is 1.11. The summed E-state index contributed by atoms with van der Waals surface area (Å²) in [5, 5.41) is 9.14. The van der Waals surface area contributed by atoms with E-state index in [0.717, 1.165) is 9.26 Å². The second-order valence-electron chi connectivity index (χ2n) is 2.54. The Morgan fingerprint density at radius 2 is 2.36 bits per heavy atom. The molecule has 0 amide bonds. The molecule has 1 rings (SSSR count). The topological polar surface area (TPSA) is 62.0 Å². The molecule has 1 aromatic heterocycles. The molecule has 0 radical (unpaired) electrons. The van der Waals surface area contributed by atoms with Crippen molar-refractivity contribution in [2.75, 3.05) is 0 Å². The first kappa shape index (κ1) is 9.02. The molecule has 0 saturated carbocycles. The molecule has 0 saturated heterocycles. The van der Waals surface area contributed by atoms with E-state index in [4.69, 9.17) is 10.8 Å². The van der Waals surface area contributed by atoms with Crippen molar-refractivity contribution < 1.29 is 5.11 Å². The fourth-order valence-corrected chi connectivity index (χ4v) is 1.33. The smallest absolute Gasteiger partial charge is 0.0719 e. The number of halogens is 1. The number of H-pyrrole nitrogens is 1. The predicted molar refractivity (Wildman–Crippen MR) is 52.1 cm³/mol. The van der Waals surface area contributed by atoms with Gasteiger partial charge >= 0.3 is 0 Å². The van der Waals surface area contributed by atoms with Crippen molar-refractivity contribution in [3.63, 3.8) is 0 Å². The van der Waals surface area contributed by atoms with E-state index in [1.807, 2.05) is 12.3 Å². The van der Waals surface area contributed by atoms with E-state index >= 15 is 0 Å². The first-order chi connectivity index (χ1) is 5.11. The molecule has 0 aliphatic heterocycles. The number of hydrogen-bond donors (Lipinski definition) is 3. The van der Waals surface area contributed by atoms with Gasteiger partial charge in [0.15, 0.2) is 0 Å². The van der Waals surface area contributed by atoms with Gasteiger partial charge in [0.05, 0.1) is 12.1 Å². The van der Waals surface area contributed by atoms with Crippen molar-refractivity contribution in [3.8, 4) is 0 Å². The van der Waals surface area contributed by atoms with Gasteiger partial charge in [0.25, 0.3) is 0 Å². The van der Waals surface area contributed by atoms with Gasteiger partial charge < -0.3 is 15.8 Å². The van der Waals surface area contributed by atoms with Gasteiger partial charge in [-0.05, 0) is 35.6 Å². The van der Waals surface area contributed by atoms with Crippen LogP contribution in [0.3, 0.4) is 0 Å². The molecule has 0 aliphatic rings. The minimum Gasteiger partial charge on any atom is -0.391 e. The van der Waals surface area contributed by atoms with Crippen molar-refractivity contribution in [1.82, 2.24) is 4.98 Å². The average molecular weight is 266 g/mol. The molecule has 11 heavy (non-hydrogen) atoms. The summed E-state index contributed by atoms with van der Waals surface area (Å²) in [5.41, 5.74) is 6.55. The van der Waals surface area contributed by atoms with E-state index in [9.17, 15) is 0 Å². The molecule has 1 aromatic rings. The van der Waals surface area contributed by atoms with Crippen LogP contribution in [-0.4, -0.2) is 16.2 Å². The second-order valence-corrected chi connectivity index (χ2v) is 3.79. The third-order valence-corrected chi connectivity index (χ3v) is 2.17. The van der Waals surface area contributed by atoms with Gasteiger partial charge in [-0.15, -0.1) is 0 Å². The Balaban J connectivity index is 2.76. The lowest BCUT2D eigenvalue weighted by atomic mass is 10.1. The van der Waals surface area contributed by atoms with Crippen molar-refractivity contribution in [2.24, 2.45) is 5.73 Å². The van der Waals surface area contributed by atoms with Gasteiger partial charge in [0, 0.05) is 15.5 Å². The Morgan fingerprint density at radius 1 is 1.73 bits per heavy atom. The third-order valence-electron chi connectivity index (χ3n) is 1.55. The average Bonchev–Trinajstić information content (AvgIpc) is 2.34. The molecule has 0 aromatic carbocycles. The van der Waals surface area contributed by atoms with Gasteiger partial charge in [-0.3, -0.25) is 0 Å². The number of aromatic amines is 1. The van der Waals surface area contributed by atoms with E-state index in [2.05, 4.69) is 27.6 Å². The predicted octanol–water partition coefficient (Wildman–Crippen LogP) is 1.000. The normalized spacial score (nSPS) is 16.4. The molecular formula is C7H11IN2O. The molecule has 62 valence electrons. The van der Waals surface area contributed by atoms with Crippen LogP contribution in [0.5, 0.6) is 0 Å². The summed E-state index contributed by atoms with van der Waals surface area (Å²) in [6, 6.07) is 1.62. The maximum absolute atomic E-state index is 9.14. The minimum atomic E-state index is -0.510. The van der Waals surface area contributed by atoms with Crippen LogP contribution in [0.1, 0.15) is 18.7 Å². The summed E-state index contributed by atoms with van der Waals surface area (Å²) in [5.74, 6) is 0. The Morgan fingerprint density at radius 3 is 2.73 bits per heavy atom. The number of nitrogens with two attached hydrogens (primary N) is 1. The van der Waals surface area contributed by atoms with Crippen LogP contribution in [0, 0.1) is 3.57 Å². The highest BCUT2D eigenvalue weighted by molar-refractivity contribution is 14.1. The summed E-state index contributed by atoms with van der Waals surface area (Å²) >= 11 is 2.19. The van der Waals surface area contributed by atoms with E-state index in [1.54, 1.807) is 6.92 Å². The fourth-order valence-electron chi connectivity index (χ4n) is 0.836. The number of aromatic nitrogens is 1. The van der Waals surface area contributed by atoms with E-state index in [0.29, 0.717) is 0 Å². The lowest BCUT2D eigenvalue weighted by molar-refractivity contribution is 0.163. The quantitative estimate of drug-likeness (QED) is 0.699. The monoisotopic (exact) mass is 266 g/mol. The molecule has 4 heteroatoms. The van der Waals surface area contributed by atoms with Gasteiger partial charge in [0.2, 0.25) is 0 Å². The Labute approximate surface area is 79.1 Å². The highest BCUT2D eigenvalue weighted by Crippen LogP contribution is 2.14. The molecule has 0 fully saturated rings. The first-order valence-corrected chi connectivity index (χ1v) is 4.46. The van der Waals surface area contributed by atoms with Gasteiger partial charge in [-0.1, -0.05) is 0 Å². The van der Waals surface area contributed by atoms with Gasteiger partial charge in [-0.25, -0.2) is 0 Å². The SMILES string of the molecule is C[C@@H](O)[C@H](N)c1cc(I)c[nH]1. The molecule has 1 heterocycles. The molecule has 0 bridgehead atoms. The number of aliphatic hydroxyl groups is 1. The first-order valence-electron chi connectivity index (χ1n) is 3.38. The molecule has 0 unspecified atom stereocenters. The number of rotatable bonds is 2. The van der Waals surface area contributed by atoms with E-state index < -0.39 is 6.10 Å². The zero-order chi connectivity index (χ0) is 8.43. The number of nitrogens with one attached hydrogen (secondary N) is 1. The highest BCUT2D eigenvalue weighted by atomic mass is 127. The van der Waals surface area contributed by atoms with E-state index in [1.165, 1.54) is 0 Å². The van der Waals surface area contributed by atoms with Crippen molar-refractivity contribution in [2.45, 2.75) is 19.1 Å². The third kappa shape index (κ3) is 2.18. The molecule has 2 atom stereocenters. The Kier molecular flexibility index (Phi) is 2.91. The van der Waals surface area contributed by atoms with Crippen molar-refractivity contribution in [3.05, 3.63) is 21.5 Å². The standard InChI is InChI=1S/C7H11IN2O/c1-4(11)7(9)6-2-5(8)3-10-6/h2-4,7,10-11H,9H2,1H3/t4-,7+/m1/s1. The largest absolute Gasteiger partial charge is 0.391 e. The second kappa shape index (κ2) is 3.55. The fraction of sp³-hybridized carbons (Fsp3) is 0.429. The van der Waals surface area contributed by atoms with Crippen LogP contribution >= 0.6 is 22.6 Å². The Hall–Kier alpha value is -0.0700. The molecular weight excluding hydrogens is 255 g/mol. The zero-order valence-electron chi connectivity index (χ0n) is 6.21. The van der Waals surface area contributed by atoms with Crippen molar-refractivity contribution in [1.29, 1.82) is 0 Å². The van der Waals surface area contributed by atoms with Crippen LogP contribution in [0.15, 0.2) is 12.3 Å². The summed E-state index contributed by atoms with van der Waals surface area (Å²) in [7, 11) is 0. The lowest BCUT2D eigenvalue weighted by Crippen LogP contribution is -2.23. The maximum atomic E-state index is 9.14. The van der Waals surface area contributed by atoms with Crippen LogP contribution in [0.25, 0.3) is 0 Å². The number of hydrogen-bond acceptors (Lipinski definition) is 2. The van der Waals surface area contributed by atoms with Gasteiger partial charge in [-0.2, -0.15) is 0 Å². The Bertz CT molecular complexity index is 234.